The largest absolute Gasteiger partial charge is 0.472 e. The van der Waals surface area contributed by atoms with E-state index >= 15 is 0 Å². The van der Waals surface area contributed by atoms with Crippen molar-refractivity contribution in [1.29, 1.82) is 0 Å². The first kappa shape index (κ1) is 94.8. The molecular formula is C79H144O17P2. The van der Waals surface area contributed by atoms with Gasteiger partial charge in [-0.15, -0.1) is 0 Å². The van der Waals surface area contributed by atoms with E-state index < -0.39 is 97.5 Å². The van der Waals surface area contributed by atoms with Crippen molar-refractivity contribution < 1.29 is 80.2 Å². The number of aliphatic hydroxyl groups is 1. The van der Waals surface area contributed by atoms with Crippen molar-refractivity contribution in [2.24, 2.45) is 0 Å². The molecule has 0 radical (unpaired) electrons. The Morgan fingerprint density at radius 1 is 0.296 bits per heavy atom. The molecule has 0 heterocycles. The number of phosphoric acid groups is 2. The molecule has 0 aliphatic carbocycles. The first-order valence-corrected chi connectivity index (χ1v) is 42.5. The van der Waals surface area contributed by atoms with Gasteiger partial charge < -0.3 is 33.8 Å². The summed E-state index contributed by atoms with van der Waals surface area (Å²) in [7, 11) is -9.94. The van der Waals surface area contributed by atoms with E-state index in [4.69, 9.17) is 37.0 Å². The summed E-state index contributed by atoms with van der Waals surface area (Å²) in [5.41, 5.74) is 0. The molecule has 0 bridgehead atoms. The maximum absolute atomic E-state index is 13.1. The van der Waals surface area contributed by atoms with Crippen LogP contribution in [0.25, 0.3) is 0 Å². The predicted octanol–water partition coefficient (Wildman–Crippen LogP) is 22.7. The van der Waals surface area contributed by atoms with Gasteiger partial charge in [-0.3, -0.25) is 37.3 Å². The molecule has 0 aliphatic rings. The van der Waals surface area contributed by atoms with Crippen molar-refractivity contribution in [2.45, 2.75) is 380 Å². The smallest absolute Gasteiger partial charge is 0.462 e. The van der Waals surface area contributed by atoms with E-state index in [1.54, 1.807) is 0 Å². The predicted molar refractivity (Wildman–Crippen MR) is 400 cm³/mol. The zero-order chi connectivity index (χ0) is 71.8. The number of hydrogen-bond donors (Lipinski definition) is 3. The Hall–Kier alpha value is -3.24. The van der Waals surface area contributed by atoms with Gasteiger partial charge in [0.25, 0.3) is 0 Å². The van der Waals surface area contributed by atoms with E-state index in [2.05, 4.69) is 88.5 Å². The number of ether oxygens (including phenoxy) is 4. The molecule has 3 N–H and O–H groups in total. The second-order valence-corrected chi connectivity index (χ2v) is 29.5. The third-order valence-corrected chi connectivity index (χ3v) is 18.9. The fraction of sp³-hybridized carbons (Fsp3) is 0.823. The number of rotatable bonds is 75. The van der Waals surface area contributed by atoms with E-state index in [1.165, 1.54) is 135 Å². The quantitative estimate of drug-likeness (QED) is 0.0169. The lowest BCUT2D eigenvalue weighted by molar-refractivity contribution is -0.161. The van der Waals surface area contributed by atoms with Gasteiger partial charge >= 0.3 is 39.5 Å². The molecule has 0 rings (SSSR count). The van der Waals surface area contributed by atoms with Gasteiger partial charge in [0.15, 0.2) is 12.2 Å². The Balaban J connectivity index is 5.30. The minimum atomic E-state index is -4.97. The molecule has 0 amide bonds. The highest BCUT2D eigenvalue weighted by atomic mass is 31.2. The second kappa shape index (κ2) is 72.1. The SMILES string of the molecule is CC/C=C\C/C=C\C/C=C\C/C=C\CCCCCCCCC(=O)OCC(COP(=O)(O)OCC(O)COP(=O)(O)OCC(COC(=O)CCCCCCCCCCCCCCC)OC(=O)CCCCCCCCCCCCCCC)OC(=O)CCCCCCC/C=C\CCCCCC. The standard InChI is InChI=1S/C79H144O17P2/c1-5-9-13-17-21-25-29-33-34-35-36-37-38-42-44-48-52-56-60-64-77(82)90-70-75(96-79(84)66-62-58-54-50-46-41-32-28-24-20-16-12-8-4)72-94-98(87,88)92-68-73(80)67-91-97(85,86)93-71-74(95-78(83)65-61-57-53-49-45-40-31-27-23-19-15-11-7-3)69-89-76(81)63-59-55-51-47-43-39-30-26-22-18-14-10-6-2/h9,13,21,25,28,32-34,36-37,73-75,80H,5-8,10-12,14-20,22-24,26-27,29-31,35,38-72H2,1-4H3,(H,85,86)(H,87,88)/b13-9-,25-21-,32-28-,34-33-,37-36-. The number of phosphoric ester groups is 2. The molecule has 17 nitrogen and oxygen atoms in total. The molecule has 572 valence electrons. The molecule has 0 aromatic heterocycles. The first-order valence-electron chi connectivity index (χ1n) is 39.5. The molecule has 0 saturated heterocycles. The van der Waals surface area contributed by atoms with Crippen LogP contribution < -0.4 is 0 Å². The van der Waals surface area contributed by atoms with Crippen molar-refractivity contribution in [3.8, 4) is 0 Å². The van der Waals surface area contributed by atoms with Gasteiger partial charge in [0.05, 0.1) is 26.4 Å². The van der Waals surface area contributed by atoms with Crippen molar-refractivity contribution in [2.75, 3.05) is 39.6 Å². The fourth-order valence-electron chi connectivity index (χ4n) is 11.0. The van der Waals surface area contributed by atoms with Gasteiger partial charge in [-0.25, -0.2) is 9.13 Å². The van der Waals surface area contributed by atoms with Gasteiger partial charge in [-0.1, -0.05) is 307 Å². The van der Waals surface area contributed by atoms with Crippen LogP contribution >= 0.6 is 15.6 Å². The van der Waals surface area contributed by atoms with Gasteiger partial charge in [-0.2, -0.15) is 0 Å². The lowest BCUT2D eigenvalue weighted by Crippen LogP contribution is -2.30. The number of carbonyl (C=O) groups excluding carboxylic acids is 4. The molecule has 19 heteroatoms. The fourth-order valence-corrected chi connectivity index (χ4v) is 12.6. The topological polar surface area (TPSA) is 237 Å². The Bertz CT molecular complexity index is 2100. The van der Waals surface area contributed by atoms with Gasteiger partial charge in [0.1, 0.15) is 19.3 Å². The number of aliphatic hydroxyl groups excluding tert-OH is 1. The van der Waals surface area contributed by atoms with E-state index in [0.717, 1.165) is 148 Å². The van der Waals surface area contributed by atoms with Crippen molar-refractivity contribution in [1.82, 2.24) is 0 Å². The highest BCUT2D eigenvalue weighted by Gasteiger charge is 2.30. The van der Waals surface area contributed by atoms with Crippen LogP contribution in [-0.2, 0) is 65.4 Å². The minimum Gasteiger partial charge on any atom is -0.462 e. The van der Waals surface area contributed by atoms with E-state index in [1.807, 2.05) is 0 Å². The molecule has 5 atom stereocenters. The zero-order valence-electron chi connectivity index (χ0n) is 62.5. The molecular weight excluding hydrogens is 1280 g/mol. The van der Waals surface area contributed by atoms with E-state index in [-0.39, 0.29) is 25.7 Å². The number of allylic oxidation sites excluding steroid dienone is 10. The molecule has 0 spiro atoms. The highest BCUT2D eigenvalue weighted by molar-refractivity contribution is 7.47. The third-order valence-electron chi connectivity index (χ3n) is 17.0. The van der Waals surface area contributed by atoms with Crippen LogP contribution in [0.3, 0.4) is 0 Å². The molecule has 0 fully saturated rings. The van der Waals surface area contributed by atoms with Crippen LogP contribution in [0.15, 0.2) is 60.8 Å². The molecule has 98 heavy (non-hydrogen) atoms. The molecule has 0 saturated carbocycles. The number of unbranched alkanes of at least 4 members (excludes halogenated alkanes) is 39. The molecule has 0 aliphatic heterocycles. The Labute approximate surface area is 597 Å². The monoisotopic (exact) mass is 1430 g/mol. The summed E-state index contributed by atoms with van der Waals surface area (Å²) in [4.78, 5) is 72.9. The van der Waals surface area contributed by atoms with Crippen molar-refractivity contribution >= 4 is 39.5 Å². The normalized spacial score (nSPS) is 14.2. The Morgan fingerprint density at radius 3 is 0.837 bits per heavy atom. The highest BCUT2D eigenvalue weighted by Crippen LogP contribution is 2.45. The average molecular weight is 1430 g/mol. The van der Waals surface area contributed by atoms with Gasteiger partial charge in [0.2, 0.25) is 0 Å². The van der Waals surface area contributed by atoms with Crippen molar-refractivity contribution in [3.05, 3.63) is 60.8 Å². The lowest BCUT2D eigenvalue weighted by atomic mass is 10.0. The maximum Gasteiger partial charge on any atom is 0.472 e. The van der Waals surface area contributed by atoms with E-state index in [9.17, 15) is 43.2 Å². The minimum absolute atomic E-state index is 0.0851. The summed E-state index contributed by atoms with van der Waals surface area (Å²) in [5, 5.41) is 10.6. The summed E-state index contributed by atoms with van der Waals surface area (Å²) >= 11 is 0. The summed E-state index contributed by atoms with van der Waals surface area (Å²) in [5.74, 6) is -2.16. The van der Waals surface area contributed by atoms with Crippen LogP contribution in [0.1, 0.15) is 362 Å². The van der Waals surface area contributed by atoms with Crippen LogP contribution in [0.2, 0.25) is 0 Å². The number of carbonyl (C=O) groups is 4. The Morgan fingerprint density at radius 2 is 0.531 bits per heavy atom. The van der Waals surface area contributed by atoms with Gasteiger partial charge in [-0.05, 0) is 89.9 Å². The number of hydrogen-bond acceptors (Lipinski definition) is 15. The van der Waals surface area contributed by atoms with Crippen molar-refractivity contribution in [3.63, 3.8) is 0 Å². The molecule has 0 aromatic carbocycles. The zero-order valence-corrected chi connectivity index (χ0v) is 64.3. The summed E-state index contributed by atoms with van der Waals surface area (Å²) in [6, 6.07) is 0. The average Bonchev–Trinajstić information content (AvgIpc) is 0.966. The summed E-state index contributed by atoms with van der Waals surface area (Å²) in [6.07, 6.45) is 70.5. The molecule has 5 unspecified atom stereocenters. The van der Waals surface area contributed by atoms with Crippen LogP contribution in [0.5, 0.6) is 0 Å². The first-order chi connectivity index (χ1) is 47.7. The summed E-state index contributed by atoms with van der Waals surface area (Å²) in [6.45, 7) is 4.79. The van der Waals surface area contributed by atoms with Gasteiger partial charge in [0, 0.05) is 25.7 Å². The van der Waals surface area contributed by atoms with Crippen LogP contribution in [0, 0.1) is 0 Å². The maximum atomic E-state index is 13.1. The lowest BCUT2D eigenvalue weighted by Gasteiger charge is -2.21. The second-order valence-electron chi connectivity index (χ2n) is 26.6. The third kappa shape index (κ3) is 71.2. The van der Waals surface area contributed by atoms with Crippen LogP contribution in [0.4, 0.5) is 0 Å². The van der Waals surface area contributed by atoms with Crippen LogP contribution in [-0.4, -0.2) is 96.7 Å². The summed E-state index contributed by atoms with van der Waals surface area (Å²) < 4.78 is 68.5. The van der Waals surface area contributed by atoms with E-state index in [0.29, 0.717) is 25.7 Å². The Kier molecular flexibility index (Phi) is 69.7. The molecule has 0 aromatic rings. The number of esters is 4.